The van der Waals surface area contributed by atoms with E-state index in [4.69, 9.17) is 0 Å². The van der Waals surface area contributed by atoms with Gasteiger partial charge < -0.3 is 10.4 Å². The molecule has 1 heterocycles. The molecule has 1 aliphatic rings. The highest BCUT2D eigenvalue weighted by Gasteiger charge is 2.43. The van der Waals surface area contributed by atoms with Crippen LogP contribution in [0.25, 0.3) is 0 Å². The van der Waals surface area contributed by atoms with Crippen LogP contribution in [-0.2, 0) is 11.8 Å². The highest BCUT2D eigenvalue weighted by Crippen LogP contribution is 2.34. The molecule has 0 spiro atoms. The predicted octanol–water partition coefficient (Wildman–Crippen LogP) is 2.70. The van der Waals surface area contributed by atoms with E-state index in [9.17, 15) is 14.7 Å². The molecular weight excluding hydrogens is 294 g/mol. The molecule has 6 heteroatoms. The van der Waals surface area contributed by atoms with Gasteiger partial charge in [-0.25, -0.2) is 4.79 Å². The first-order valence-electron chi connectivity index (χ1n) is 8.39. The van der Waals surface area contributed by atoms with Crippen LogP contribution >= 0.6 is 0 Å². The molecule has 0 aliphatic heterocycles. The number of hydrogen-bond donors (Lipinski definition) is 2. The van der Waals surface area contributed by atoms with E-state index in [1.54, 1.807) is 13.1 Å². The molecule has 1 aromatic rings. The highest BCUT2D eigenvalue weighted by atomic mass is 16.4. The number of nitrogens with zero attached hydrogens (tertiary/aromatic N) is 2. The van der Waals surface area contributed by atoms with E-state index in [1.165, 1.54) is 4.68 Å². The average molecular weight is 321 g/mol. The molecule has 1 amide bonds. The zero-order chi connectivity index (χ0) is 17.2. The Morgan fingerprint density at radius 3 is 2.48 bits per heavy atom. The number of carboxylic acid groups (broad SMARTS) is 1. The Labute approximate surface area is 137 Å². The first kappa shape index (κ1) is 17.5. The summed E-state index contributed by atoms with van der Waals surface area (Å²) in [5.74, 6) is -0.518. The fourth-order valence-electron chi connectivity index (χ4n) is 3.24. The van der Waals surface area contributed by atoms with Crippen LogP contribution in [0.3, 0.4) is 0 Å². The van der Waals surface area contributed by atoms with Crippen molar-refractivity contribution in [2.75, 3.05) is 0 Å². The lowest BCUT2D eigenvalue weighted by atomic mass is 9.75. The molecular formula is C17H27N3O3. The third kappa shape index (κ3) is 3.57. The summed E-state index contributed by atoms with van der Waals surface area (Å²) in [5.41, 5.74) is 0.0917. The maximum atomic E-state index is 12.6. The molecule has 6 nitrogen and oxygen atoms in total. The summed E-state index contributed by atoms with van der Waals surface area (Å²) >= 11 is 0. The Morgan fingerprint density at radius 1 is 1.43 bits per heavy atom. The largest absolute Gasteiger partial charge is 0.480 e. The summed E-state index contributed by atoms with van der Waals surface area (Å²) in [5, 5.41) is 16.8. The average Bonchev–Trinajstić information content (AvgIpc) is 2.90. The second-order valence-electron chi connectivity index (χ2n) is 6.93. The van der Waals surface area contributed by atoms with Gasteiger partial charge in [0.1, 0.15) is 11.2 Å². The molecule has 1 aromatic heterocycles. The van der Waals surface area contributed by atoms with Crippen molar-refractivity contribution in [3.05, 3.63) is 17.5 Å². The van der Waals surface area contributed by atoms with Crippen molar-refractivity contribution in [1.29, 1.82) is 0 Å². The number of nitrogens with one attached hydrogen (secondary N) is 1. The smallest absolute Gasteiger partial charge is 0.329 e. The van der Waals surface area contributed by atoms with Gasteiger partial charge in [0.15, 0.2) is 0 Å². The SMILES string of the molecule is CCC1CCC(NC(=O)c2cc(C(C)C)nn2C)(C(=O)O)CC1. The van der Waals surface area contributed by atoms with Crippen LogP contribution in [0.15, 0.2) is 6.07 Å². The first-order chi connectivity index (χ1) is 10.8. The van der Waals surface area contributed by atoms with E-state index in [-0.39, 0.29) is 11.8 Å². The lowest BCUT2D eigenvalue weighted by Crippen LogP contribution is -2.56. The number of carboxylic acids is 1. The van der Waals surface area contributed by atoms with Crippen LogP contribution in [0.1, 0.15) is 75.0 Å². The number of aryl methyl sites for hydroxylation is 1. The fourth-order valence-corrected chi connectivity index (χ4v) is 3.24. The molecule has 1 aliphatic carbocycles. The molecule has 0 unspecified atom stereocenters. The third-order valence-corrected chi connectivity index (χ3v) is 5.02. The van der Waals surface area contributed by atoms with E-state index in [0.29, 0.717) is 24.5 Å². The Morgan fingerprint density at radius 2 is 2.04 bits per heavy atom. The molecule has 0 saturated heterocycles. The quantitative estimate of drug-likeness (QED) is 0.873. The van der Waals surface area contributed by atoms with E-state index >= 15 is 0 Å². The molecule has 128 valence electrons. The van der Waals surface area contributed by atoms with Crippen molar-refractivity contribution in [2.45, 2.75) is 64.3 Å². The number of aliphatic carboxylic acids is 1. The van der Waals surface area contributed by atoms with Gasteiger partial charge in [0.05, 0.1) is 5.69 Å². The number of aromatic nitrogens is 2. The molecule has 0 atom stereocenters. The van der Waals surface area contributed by atoms with Gasteiger partial charge in [-0.05, 0) is 43.6 Å². The molecule has 1 saturated carbocycles. The zero-order valence-electron chi connectivity index (χ0n) is 14.4. The summed E-state index contributed by atoms with van der Waals surface area (Å²) in [6, 6.07) is 1.74. The number of hydrogen-bond acceptors (Lipinski definition) is 3. The molecule has 0 radical (unpaired) electrons. The van der Waals surface area contributed by atoms with E-state index in [0.717, 1.165) is 25.0 Å². The maximum Gasteiger partial charge on any atom is 0.329 e. The first-order valence-corrected chi connectivity index (χ1v) is 8.39. The molecule has 2 rings (SSSR count). The van der Waals surface area contributed by atoms with Crippen molar-refractivity contribution in [3.8, 4) is 0 Å². The van der Waals surface area contributed by atoms with E-state index in [2.05, 4.69) is 17.3 Å². The lowest BCUT2D eigenvalue weighted by molar-refractivity contribution is -0.146. The van der Waals surface area contributed by atoms with Crippen LogP contribution in [0.2, 0.25) is 0 Å². The van der Waals surface area contributed by atoms with Gasteiger partial charge in [-0.15, -0.1) is 0 Å². The Balaban J connectivity index is 2.18. The number of amides is 1. The van der Waals surface area contributed by atoms with Crippen LogP contribution in [-0.4, -0.2) is 32.3 Å². The zero-order valence-corrected chi connectivity index (χ0v) is 14.4. The minimum Gasteiger partial charge on any atom is -0.480 e. The Bertz CT molecular complexity index is 584. The van der Waals surface area contributed by atoms with Gasteiger partial charge in [-0.1, -0.05) is 27.2 Å². The minimum absolute atomic E-state index is 0.219. The van der Waals surface area contributed by atoms with Gasteiger partial charge in [0.2, 0.25) is 0 Å². The van der Waals surface area contributed by atoms with Crippen molar-refractivity contribution in [2.24, 2.45) is 13.0 Å². The van der Waals surface area contributed by atoms with Crippen LogP contribution in [0, 0.1) is 5.92 Å². The van der Waals surface area contributed by atoms with Crippen LogP contribution < -0.4 is 5.32 Å². The van der Waals surface area contributed by atoms with Gasteiger partial charge in [0.25, 0.3) is 5.91 Å². The Kier molecular flexibility index (Phi) is 5.12. The number of carbonyl (C=O) groups excluding carboxylic acids is 1. The number of rotatable bonds is 5. The van der Waals surface area contributed by atoms with Crippen molar-refractivity contribution in [3.63, 3.8) is 0 Å². The molecule has 2 N–H and O–H groups in total. The summed E-state index contributed by atoms with van der Waals surface area (Å²) in [6.45, 7) is 6.14. The van der Waals surface area contributed by atoms with Crippen LogP contribution in [0.5, 0.6) is 0 Å². The van der Waals surface area contributed by atoms with Crippen molar-refractivity contribution < 1.29 is 14.7 Å². The summed E-state index contributed by atoms with van der Waals surface area (Å²) in [4.78, 5) is 24.4. The topological polar surface area (TPSA) is 84.2 Å². The number of carbonyl (C=O) groups is 2. The van der Waals surface area contributed by atoms with Gasteiger partial charge >= 0.3 is 5.97 Å². The van der Waals surface area contributed by atoms with Gasteiger partial charge in [-0.3, -0.25) is 9.48 Å². The monoisotopic (exact) mass is 321 g/mol. The lowest BCUT2D eigenvalue weighted by Gasteiger charge is -2.37. The molecule has 0 bridgehead atoms. The van der Waals surface area contributed by atoms with E-state index < -0.39 is 11.5 Å². The fraction of sp³-hybridized carbons (Fsp3) is 0.706. The second-order valence-corrected chi connectivity index (χ2v) is 6.93. The summed E-state index contributed by atoms with van der Waals surface area (Å²) < 4.78 is 1.53. The van der Waals surface area contributed by atoms with Crippen LogP contribution in [0.4, 0.5) is 0 Å². The maximum absolute atomic E-state index is 12.6. The third-order valence-electron chi connectivity index (χ3n) is 5.02. The Hall–Kier alpha value is -1.85. The summed E-state index contributed by atoms with van der Waals surface area (Å²) in [6.07, 6.45) is 3.71. The normalized spacial score (nSPS) is 24.7. The standard InChI is InChI=1S/C17H27N3O3/c1-5-12-6-8-17(9-7-12,16(22)23)18-15(21)14-10-13(11(2)3)19-20(14)4/h10-12H,5-9H2,1-4H3,(H,18,21)(H,22,23). The van der Waals surface area contributed by atoms with Gasteiger partial charge in [0, 0.05) is 7.05 Å². The van der Waals surface area contributed by atoms with Crippen molar-refractivity contribution >= 4 is 11.9 Å². The molecule has 23 heavy (non-hydrogen) atoms. The van der Waals surface area contributed by atoms with Crippen molar-refractivity contribution in [1.82, 2.24) is 15.1 Å². The molecule has 0 aromatic carbocycles. The molecule has 1 fully saturated rings. The van der Waals surface area contributed by atoms with E-state index in [1.807, 2.05) is 13.8 Å². The predicted molar refractivity (Wildman–Crippen MR) is 87.4 cm³/mol. The summed E-state index contributed by atoms with van der Waals surface area (Å²) in [7, 11) is 1.71. The minimum atomic E-state index is -1.15. The highest BCUT2D eigenvalue weighted by molar-refractivity contribution is 5.96. The van der Waals surface area contributed by atoms with Gasteiger partial charge in [-0.2, -0.15) is 5.10 Å². The second kappa shape index (κ2) is 6.72.